The minimum atomic E-state index is -0.446. The van der Waals surface area contributed by atoms with Gasteiger partial charge in [0.2, 0.25) is 5.91 Å². The number of benzene rings is 1. The second-order valence-electron chi connectivity index (χ2n) is 8.11. The van der Waals surface area contributed by atoms with Crippen LogP contribution in [0.4, 0.5) is 10.2 Å². The van der Waals surface area contributed by atoms with Crippen molar-refractivity contribution in [2.75, 3.05) is 5.32 Å². The number of amides is 3. The molecule has 8 heteroatoms. The lowest BCUT2D eigenvalue weighted by molar-refractivity contribution is -0.115. The number of nitrogens with one attached hydrogen (secondary N) is 1. The van der Waals surface area contributed by atoms with Crippen LogP contribution in [-0.2, 0) is 11.2 Å². The van der Waals surface area contributed by atoms with E-state index >= 15 is 0 Å². The number of anilines is 1. The maximum Gasteiger partial charge on any atom is 0.262 e. The highest BCUT2D eigenvalue weighted by atomic mass is 19.1. The number of pyridine rings is 2. The van der Waals surface area contributed by atoms with Crippen molar-refractivity contribution in [3.63, 3.8) is 0 Å². The average Bonchev–Trinajstić information content (AvgIpc) is 3.55. The van der Waals surface area contributed by atoms with Crippen molar-refractivity contribution >= 4 is 23.5 Å². The first kappa shape index (κ1) is 20.0. The van der Waals surface area contributed by atoms with E-state index in [0.29, 0.717) is 33.6 Å². The van der Waals surface area contributed by atoms with Gasteiger partial charge >= 0.3 is 0 Å². The lowest BCUT2D eigenvalue weighted by Gasteiger charge is -2.12. The zero-order valence-corrected chi connectivity index (χ0v) is 17.3. The molecule has 0 radical (unpaired) electrons. The Labute approximate surface area is 183 Å². The van der Waals surface area contributed by atoms with Gasteiger partial charge in [0.1, 0.15) is 11.6 Å². The van der Waals surface area contributed by atoms with E-state index < -0.39 is 5.82 Å². The van der Waals surface area contributed by atoms with Gasteiger partial charge in [0, 0.05) is 29.6 Å². The van der Waals surface area contributed by atoms with E-state index in [1.165, 1.54) is 23.4 Å². The van der Waals surface area contributed by atoms with Crippen LogP contribution in [0.25, 0.3) is 11.1 Å². The van der Waals surface area contributed by atoms with Crippen LogP contribution in [0.1, 0.15) is 44.7 Å². The second kappa shape index (κ2) is 7.64. The van der Waals surface area contributed by atoms with Crippen LogP contribution in [0.5, 0.6) is 0 Å². The van der Waals surface area contributed by atoms with Crippen LogP contribution in [0.2, 0.25) is 0 Å². The topological polar surface area (TPSA) is 92.3 Å². The van der Waals surface area contributed by atoms with Crippen LogP contribution in [0, 0.1) is 12.7 Å². The average molecular weight is 430 g/mol. The Morgan fingerprint density at radius 2 is 1.91 bits per heavy atom. The molecule has 7 nitrogen and oxygen atoms in total. The normalized spacial score (nSPS) is 15.1. The molecule has 0 atom stereocenters. The molecule has 160 valence electrons. The number of aromatic nitrogens is 2. The number of rotatable bonds is 5. The molecule has 0 unspecified atom stereocenters. The highest BCUT2D eigenvalue weighted by Gasteiger charge is 2.45. The molecule has 1 saturated carbocycles. The molecule has 0 saturated heterocycles. The number of hydrogen-bond acceptors (Lipinski definition) is 5. The van der Waals surface area contributed by atoms with Crippen molar-refractivity contribution < 1.29 is 18.8 Å². The van der Waals surface area contributed by atoms with E-state index in [2.05, 4.69) is 15.3 Å². The van der Waals surface area contributed by atoms with Crippen LogP contribution in [0.3, 0.4) is 0 Å². The fourth-order valence-corrected chi connectivity index (χ4v) is 4.00. The number of imide groups is 1. The van der Waals surface area contributed by atoms with Crippen molar-refractivity contribution in [1.82, 2.24) is 14.9 Å². The van der Waals surface area contributed by atoms with Gasteiger partial charge < -0.3 is 5.32 Å². The summed E-state index contributed by atoms with van der Waals surface area (Å²) < 4.78 is 13.4. The van der Waals surface area contributed by atoms with Gasteiger partial charge in [-0.05, 0) is 55.2 Å². The van der Waals surface area contributed by atoms with E-state index in [9.17, 15) is 18.8 Å². The van der Waals surface area contributed by atoms with Crippen molar-refractivity contribution in [3.05, 3.63) is 77.0 Å². The van der Waals surface area contributed by atoms with E-state index in [1.54, 1.807) is 24.3 Å². The third kappa shape index (κ3) is 3.64. The summed E-state index contributed by atoms with van der Waals surface area (Å²) >= 11 is 0. The van der Waals surface area contributed by atoms with Gasteiger partial charge in [-0.15, -0.1) is 0 Å². The Balaban J connectivity index is 1.34. The zero-order chi connectivity index (χ0) is 22.4. The van der Waals surface area contributed by atoms with Crippen LogP contribution in [-0.4, -0.2) is 38.6 Å². The third-order valence-electron chi connectivity index (χ3n) is 5.58. The second-order valence-corrected chi connectivity index (χ2v) is 8.11. The molecule has 32 heavy (non-hydrogen) atoms. The maximum absolute atomic E-state index is 13.4. The molecule has 2 aromatic heterocycles. The molecule has 1 aromatic carbocycles. The van der Waals surface area contributed by atoms with Gasteiger partial charge in [0.15, 0.2) is 0 Å². The summed E-state index contributed by atoms with van der Waals surface area (Å²) in [5, 5.41) is 2.71. The molecule has 0 bridgehead atoms. The predicted octanol–water partition coefficient (Wildman–Crippen LogP) is 3.53. The number of carbonyl (C=O) groups is 3. The summed E-state index contributed by atoms with van der Waals surface area (Å²) in [4.78, 5) is 47.6. The Morgan fingerprint density at radius 3 is 2.59 bits per heavy atom. The first-order valence-corrected chi connectivity index (χ1v) is 10.3. The Morgan fingerprint density at radius 1 is 1.09 bits per heavy atom. The predicted molar refractivity (Wildman–Crippen MR) is 114 cm³/mol. The summed E-state index contributed by atoms with van der Waals surface area (Å²) in [7, 11) is 0. The minimum Gasteiger partial charge on any atom is -0.310 e. The lowest BCUT2D eigenvalue weighted by atomic mass is 9.97. The molecular formula is C24H19FN4O3. The van der Waals surface area contributed by atoms with Crippen molar-refractivity contribution in [2.45, 2.75) is 32.2 Å². The number of aryl methyl sites for hydroxylation is 1. The number of nitrogens with zero attached hydrogens (tertiary/aromatic N) is 3. The number of halogens is 1. The van der Waals surface area contributed by atoms with Gasteiger partial charge in [0.05, 0.1) is 23.7 Å². The van der Waals surface area contributed by atoms with Gasteiger partial charge in [-0.2, -0.15) is 0 Å². The molecule has 2 aliphatic rings. The van der Waals surface area contributed by atoms with Gasteiger partial charge in [-0.3, -0.25) is 24.3 Å². The van der Waals surface area contributed by atoms with Gasteiger partial charge in [-0.25, -0.2) is 9.37 Å². The third-order valence-corrected chi connectivity index (χ3v) is 5.58. The first-order valence-electron chi connectivity index (χ1n) is 10.3. The Kier molecular flexibility index (Phi) is 4.77. The molecular weight excluding hydrogens is 411 g/mol. The smallest absolute Gasteiger partial charge is 0.262 e. The number of carbonyl (C=O) groups excluding carboxylic acids is 3. The summed E-state index contributed by atoms with van der Waals surface area (Å²) in [5.41, 5.74) is 3.28. The fourth-order valence-electron chi connectivity index (χ4n) is 4.00. The summed E-state index contributed by atoms with van der Waals surface area (Å²) in [5.74, 6) is -1.06. The summed E-state index contributed by atoms with van der Waals surface area (Å²) in [6.45, 7) is 1.83. The standard InChI is InChI=1S/C24H19FN4O3/c1-13-6-15(22-19(7-13)23(31)29(24(22)32)18-3-4-18)9-21(30)28-20-5-2-14(11-27-20)16-8-17(25)12-26-10-16/h2,5-8,10-12,18H,3-4,9H2,1H3,(H,27,28,30). The summed E-state index contributed by atoms with van der Waals surface area (Å²) in [6.07, 6.45) is 5.77. The SMILES string of the molecule is Cc1cc(CC(=O)Nc2ccc(-c3cncc(F)c3)cn2)c2c(c1)C(=O)N(C1CC1)C2=O. The molecule has 3 heterocycles. The van der Waals surface area contributed by atoms with Crippen LogP contribution in [0.15, 0.2) is 48.9 Å². The highest BCUT2D eigenvalue weighted by Crippen LogP contribution is 2.36. The molecule has 1 aliphatic carbocycles. The van der Waals surface area contributed by atoms with Gasteiger partial charge in [-0.1, -0.05) is 6.07 Å². The fraction of sp³-hybridized carbons (Fsp3) is 0.208. The molecule has 1 N–H and O–H groups in total. The van der Waals surface area contributed by atoms with Crippen LogP contribution >= 0.6 is 0 Å². The van der Waals surface area contributed by atoms with E-state index in [0.717, 1.165) is 24.6 Å². The van der Waals surface area contributed by atoms with Crippen molar-refractivity contribution in [3.8, 4) is 11.1 Å². The van der Waals surface area contributed by atoms with E-state index in [-0.39, 0.29) is 30.2 Å². The maximum atomic E-state index is 13.4. The van der Waals surface area contributed by atoms with E-state index in [4.69, 9.17) is 0 Å². The molecule has 5 rings (SSSR count). The highest BCUT2D eigenvalue weighted by molar-refractivity contribution is 6.22. The molecule has 3 amide bonds. The first-order chi connectivity index (χ1) is 15.4. The Hall–Kier alpha value is -3.94. The van der Waals surface area contributed by atoms with E-state index in [1.807, 2.05) is 6.92 Å². The molecule has 1 aliphatic heterocycles. The number of hydrogen-bond donors (Lipinski definition) is 1. The monoisotopic (exact) mass is 430 g/mol. The van der Waals surface area contributed by atoms with Crippen LogP contribution < -0.4 is 5.32 Å². The summed E-state index contributed by atoms with van der Waals surface area (Å²) in [6, 6.07) is 8.12. The Bertz CT molecular complexity index is 1270. The van der Waals surface area contributed by atoms with Crippen molar-refractivity contribution in [1.29, 1.82) is 0 Å². The lowest BCUT2D eigenvalue weighted by Crippen LogP contribution is -2.32. The largest absolute Gasteiger partial charge is 0.310 e. The molecule has 0 spiro atoms. The molecule has 3 aromatic rings. The molecule has 1 fully saturated rings. The van der Waals surface area contributed by atoms with Gasteiger partial charge in [0.25, 0.3) is 11.8 Å². The number of fused-ring (bicyclic) bond motifs is 1. The van der Waals surface area contributed by atoms with Crippen molar-refractivity contribution in [2.24, 2.45) is 0 Å². The zero-order valence-electron chi connectivity index (χ0n) is 17.3. The minimum absolute atomic E-state index is 0.0274. The quantitative estimate of drug-likeness (QED) is 0.625.